The summed E-state index contributed by atoms with van der Waals surface area (Å²) in [4.78, 5) is 12.4. The van der Waals surface area contributed by atoms with Gasteiger partial charge < -0.3 is 14.8 Å². The van der Waals surface area contributed by atoms with Crippen LogP contribution in [-0.2, 0) is 14.8 Å². The smallest absolute Gasteiger partial charge is 0.265 e. The Labute approximate surface area is 186 Å². The Morgan fingerprint density at radius 3 is 2.00 bits per heavy atom. The van der Waals surface area contributed by atoms with Crippen molar-refractivity contribution in [1.82, 2.24) is 0 Å². The fraction of sp³-hybridized carbons (Fsp3) is 0.136. The van der Waals surface area contributed by atoms with Crippen LogP contribution >= 0.6 is 11.6 Å². The van der Waals surface area contributed by atoms with Crippen molar-refractivity contribution < 1.29 is 22.7 Å². The first kappa shape index (κ1) is 22.5. The van der Waals surface area contributed by atoms with E-state index in [1.807, 2.05) is 0 Å². The van der Waals surface area contributed by atoms with Crippen LogP contribution in [0.2, 0.25) is 5.02 Å². The van der Waals surface area contributed by atoms with Gasteiger partial charge in [0, 0.05) is 16.4 Å². The first-order valence-electron chi connectivity index (χ1n) is 9.27. The minimum Gasteiger partial charge on any atom is -0.497 e. The normalized spacial score (nSPS) is 12.0. The molecule has 1 atom stereocenters. The highest BCUT2D eigenvalue weighted by atomic mass is 35.5. The molecule has 0 aliphatic rings. The standard InChI is InChI=1S/C22H21ClN2O5S/c1-15(30-20-11-9-19(29-2)10-12-20)22(26)24-17-7-13-21(14-8-17)31(27,28)25-18-5-3-16(23)4-6-18/h3-15,25H,1-2H3,(H,24,26)/t15-/m1/s1. The van der Waals surface area contributed by atoms with Crippen LogP contribution in [0.25, 0.3) is 0 Å². The summed E-state index contributed by atoms with van der Waals surface area (Å²) >= 11 is 5.81. The molecular formula is C22H21ClN2O5S. The van der Waals surface area contributed by atoms with E-state index in [-0.39, 0.29) is 10.8 Å². The van der Waals surface area contributed by atoms with E-state index in [0.717, 1.165) is 0 Å². The van der Waals surface area contributed by atoms with E-state index in [4.69, 9.17) is 21.1 Å². The maximum Gasteiger partial charge on any atom is 0.265 e. The number of anilines is 2. The summed E-state index contributed by atoms with van der Waals surface area (Å²) in [6.07, 6.45) is -0.761. The van der Waals surface area contributed by atoms with Crippen molar-refractivity contribution in [3.05, 3.63) is 77.8 Å². The van der Waals surface area contributed by atoms with Gasteiger partial charge in [0.05, 0.1) is 12.0 Å². The van der Waals surface area contributed by atoms with Gasteiger partial charge in [0.25, 0.3) is 15.9 Å². The summed E-state index contributed by atoms with van der Waals surface area (Å²) in [5, 5.41) is 3.21. The van der Waals surface area contributed by atoms with Gasteiger partial charge in [-0.1, -0.05) is 11.6 Å². The molecule has 7 nitrogen and oxygen atoms in total. The minimum absolute atomic E-state index is 0.0583. The van der Waals surface area contributed by atoms with Crippen LogP contribution in [0.4, 0.5) is 11.4 Å². The number of sulfonamides is 1. The van der Waals surface area contributed by atoms with Gasteiger partial charge in [-0.15, -0.1) is 0 Å². The number of halogens is 1. The zero-order valence-electron chi connectivity index (χ0n) is 16.8. The number of hydrogen-bond acceptors (Lipinski definition) is 5. The number of methoxy groups -OCH3 is 1. The number of nitrogens with one attached hydrogen (secondary N) is 2. The molecule has 0 aromatic heterocycles. The van der Waals surface area contributed by atoms with Crippen molar-refractivity contribution in [2.24, 2.45) is 0 Å². The Morgan fingerprint density at radius 1 is 0.871 bits per heavy atom. The molecule has 3 rings (SSSR count). The molecule has 162 valence electrons. The molecule has 0 radical (unpaired) electrons. The number of amides is 1. The summed E-state index contributed by atoms with van der Waals surface area (Å²) in [6, 6.07) is 19.0. The van der Waals surface area contributed by atoms with Gasteiger partial charge in [-0.05, 0) is 79.7 Å². The number of carbonyl (C=O) groups is 1. The van der Waals surface area contributed by atoms with Crippen molar-refractivity contribution in [3.8, 4) is 11.5 Å². The molecule has 0 bridgehead atoms. The summed E-state index contributed by atoms with van der Waals surface area (Å²) in [5.41, 5.74) is 0.840. The predicted molar refractivity (Wildman–Crippen MR) is 120 cm³/mol. The van der Waals surface area contributed by atoms with E-state index in [9.17, 15) is 13.2 Å². The fourth-order valence-electron chi connectivity index (χ4n) is 2.61. The van der Waals surface area contributed by atoms with E-state index in [2.05, 4.69) is 10.0 Å². The highest BCUT2D eigenvalue weighted by Crippen LogP contribution is 2.21. The average molecular weight is 461 g/mol. The lowest BCUT2D eigenvalue weighted by Crippen LogP contribution is -2.30. The second-order valence-corrected chi connectivity index (χ2v) is 8.68. The Hall–Kier alpha value is -3.23. The van der Waals surface area contributed by atoms with Gasteiger partial charge in [-0.25, -0.2) is 8.42 Å². The van der Waals surface area contributed by atoms with Crippen molar-refractivity contribution in [2.75, 3.05) is 17.1 Å². The predicted octanol–water partition coefficient (Wildman–Crippen LogP) is 4.56. The van der Waals surface area contributed by atoms with Crippen LogP contribution in [0, 0.1) is 0 Å². The van der Waals surface area contributed by atoms with Gasteiger partial charge in [0.15, 0.2) is 6.10 Å². The molecule has 0 aliphatic carbocycles. The molecule has 3 aromatic rings. The van der Waals surface area contributed by atoms with E-state index in [1.54, 1.807) is 62.6 Å². The lowest BCUT2D eigenvalue weighted by Gasteiger charge is -2.15. The molecule has 0 saturated carbocycles. The largest absolute Gasteiger partial charge is 0.497 e. The third-order valence-corrected chi connectivity index (χ3v) is 5.92. The Morgan fingerprint density at radius 2 is 1.42 bits per heavy atom. The summed E-state index contributed by atoms with van der Waals surface area (Å²) in [6.45, 7) is 1.62. The highest BCUT2D eigenvalue weighted by Gasteiger charge is 2.17. The molecule has 0 fully saturated rings. The molecule has 0 aliphatic heterocycles. The quantitative estimate of drug-likeness (QED) is 0.514. The average Bonchev–Trinajstić information content (AvgIpc) is 2.76. The van der Waals surface area contributed by atoms with Gasteiger partial charge in [0.1, 0.15) is 11.5 Å². The summed E-state index contributed by atoms with van der Waals surface area (Å²) < 4.78 is 38.2. The Bertz CT molecular complexity index is 1130. The SMILES string of the molecule is COc1ccc(O[C@H](C)C(=O)Nc2ccc(S(=O)(=O)Nc3ccc(Cl)cc3)cc2)cc1. The Balaban J connectivity index is 1.61. The fourth-order valence-corrected chi connectivity index (χ4v) is 3.79. The lowest BCUT2D eigenvalue weighted by molar-refractivity contribution is -0.122. The summed E-state index contributed by atoms with van der Waals surface area (Å²) in [5.74, 6) is 0.842. The first-order valence-corrected chi connectivity index (χ1v) is 11.1. The van der Waals surface area contributed by atoms with Crippen LogP contribution in [0.5, 0.6) is 11.5 Å². The second-order valence-electron chi connectivity index (χ2n) is 6.56. The second kappa shape index (κ2) is 9.72. The molecule has 0 unspecified atom stereocenters. The zero-order valence-corrected chi connectivity index (χ0v) is 18.4. The maximum absolute atomic E-state index is 12.5. The van der Waals surface area contributed by atoms with Crippen LogP contribution in [-0.4, -0.2) is 27.5 Å². The van der Waals surface area contributed by atoms with Gasteiger partial charge in [-0.3, -0.25) is 9.52 Å². The Kier molecular flexibility index (Phi) is 7.04. The molecule has 0 heterocycles. The van der Waals surface area contributed by atoms with Gasteiger partial charge in [-0.2, -0.15) is 0 Å². The molecule has 0 spiro atoms. The maximum atomic E-state index is 12.5. The summed E-state index contributed by atoms with van der Waals surface area (Å²) in [7, 11) is -2.21. The highest BCUT2D eigenvalue weighted by molar-refractivity contribution is 7.92. The van der Waals surface area contributed by atoms with Crippen LogP contribution in [0.1, 0.15) is 6.92 Å². The van der Waals surface area contributed by atoms with E-state index in [0.29, 0.717) is 27.9 Å². The molecule has 31 heavy (non-hydrogen) atoms. The number of benzene rings is 3. The van der Waals surface area contributed by atoms with E-state index < -0.39 is 16.1 Å². The van der Waals surface area contributed by atoms with Gasteiger partial charge >= 0.3 is 0 Å². The first-order chi connectivity index (χ1) is 14.8. The number of hydrogen-bond donors (Lipinski definition) is 2. The number of carbonyl (C=O) groups excluding carboxylic acids is 1. The van der Waals surface area contributed by atoms with Crippen LogP contribution in [0.3, 0.4) is 0 Å². The molecule has 2 N–H and O–H groups in total. The van der Waals surface area contributed by atoms with E-state index >= 15 is 0 Å². The van der Waals surface area contributed by atoms with E-state index in [1.165, 1.54) is 24.3 Å². The van der Waals surface area contributed by atoms with Crippen molar-refractivity contribution >= 4 is 38.9 Å². The third kappa shape index (κ3) is 6.13. The van der Waals surface area contributed by atoms with Crippen molar-refractivity contribution in [1.29, 1.82) is 0 Å². The molecule has 3 aromatic carbocycles. The molecule has 0 saturated heterocycles. The minimum atomic E-state index is -3.77. The van der Waals surface area contributed by atoms with Crippen molar-refractivity contribution in [2.45, 2.75) is 17.9 Å². The van der Waals surface area contributed by atoms with Crippen LogP contribution in [0.15, 0.2) is 77.7 Å². The van der Waals surface area contributed by atoms with Gasteiger partial charge in [0.2, 0.25) is 0 Å². The number of rotatable bonds is 8. The molecule has 1 amide bonds. The molecule has 9 heteroatoms. The topological polar surface area (TPSA) is 93.7 Å². The zero-order chi connectivity index (χ0) is 22.4. The lowest BCUT2D eigenvalue weighted by atomic mass is 10.3. The number of ether oxygens (including phenoxy) is 2. The third-order valence-electron chi connectivity index (χ3n) is 4.27. The monoisotopic (exact) mass is 460 g/mol. The van der Waals surface area contributed by atoms with Crippen molar-refractivity contribution in [3.63, 3.8) is 0 Å². The molecular weight excluding hydrogens is 440 g/mol. The van der Waals surface area contributed by atoms with Crippen LogP contribution < -0.4 is 19.5 Å².